The zero-order valence-corrected chi connectivity index (χ0v) is 14.9. The summed E-state index contributed by atoms with van der Waals surface area (Å²) < 4.78 is 0. The maximum absolute atomic E-state index is 12.4. The molecule has 2 N–H and O–H groups in total. The number of hydrogen-bond acceptors (Lipinski definition) is 3. The molecule has 1 aliphatic rings. The molecule has 2 amide bonds. The molecule has 1 aromatic carbocycles. The van der Waals surface area contributed by atoms with E-state index in [4.69, 9.17) is 0 Å². The smallest absolute Gasteiger partial charge is 0.237 e. The summed E-state index contributed by atoms with van der Waals surface area (Å²) in [6.07, 6.45) is 2.82. The first-order chi connectivity index (χ1) is 12.1. The molecule has 6 heteroatoms. The van der Waals surface area contributed by atoms with Crippen LogP contribution in [0.15, 0.2) is 30.5 Å². The Labute approximate surface area is 148 Å². The normalized spacial score (nSPS) is 16.8. The molecule has 2 heterocycles. The van der Waals surface area contributed by atoms with Crippen LogP contribution in [-0.4, -0.2) is 65.4 Å². The molecule has 1 atom stereocenters. The molecule has 134 valence electrons. The number of aromatic amines is 1. The van der Waals surface area contributed by atoms with E-state index in [0.29, 0.717) is 19.6 Å². The fourth-order valence-corrected chi connectivity index (χ4v) is 3.40. The summed E-state index contributed by atoms with van der Waals surface area (Å²) in [5.41, 5.74) is 2.35. The summed E-state index contributed by atoms with van der Waals surface area (Å²) in [5, 5.41) is 4.25. The molecule has 6 nitrogen and oxygen atoms in total. The molecular formula is C19H26N4O2. The Morgan fingerprint density at radius 3 is 2.64 bits per heavy atom. The summed E-state index contributed by atoms with van der Waals surface area (Å²) >= 11 is 0. The number of nitrogens with zero attached hydrogens (tertiary/aromatic N) is 2. The van der Waals surface area contributed by atoms with Crippen LogP contribution in [0.5, 0.6) is 0 Å². The number of H-pyrrole nitrogens is 1. The highest BCUT2D eigenvalue weighted by atomic mass is 16.2. The number of aromatic nitrogens is 1. The summed E-state index contributed by atoms with van der Waals surface area (Å²) in [6, 6.07) is 8.02. The topological polar surface area (TPSA) is 68.4 Å². The van der Waals surface area contributed by atoms with E-state index in [-0.39, 0.29) is 17.9 Å². The first-order valence-corrected chi connectivity index (χ1v) is 8.88. The van der Waals surface area contributed by atoms with Crippen molar-refractivity contribution in [1.82, 2.24) is 20.1 Å². The number of benzene rings is 1. The summed E-state index contributed by atoms with van der Waals surface area (Å²) in [6.45, 7) is 7.04. The second-order valence-electron chi connectivity index (χ2n) is 6.62. The Kier molecular flexibility index (Phi) is 5.38. The van der Waals surface area contributed by atoms with E-state index >= 15 is 0 Å². The van der Waals surface area contributed by atoms with E-state index in [0.717, 1.165) is 25.0 Å². The third kappa shape index (κ3) is 4.02. The highest BCUT2D eigenvalue weighted by Gasteiger charge is 2.26. The number of carbonyl (C=O) groups excluding carboxylic acids is 2. The van der Waals surface area contributed by atoms with Gasteiger partial charge in [0.05, 0.1) is 6.04 Å². The second kappa shape index (κ2) is 7.70. The Balaban J connectivity index is 1.47. The average molecular weight is 342 g/mol. The number of nitrogens with one attached hydrogen (secondary N) is 2. The SMILES string of the molecule is CC(=O)N1CCN(C(C)C(=O)NCCc2c[nH]c3ccccc23)CC1. The van der Waals surface area contributed by atoms with Crippen molar-refractivity contribution in [3.8, 4) is 0 Å². The maximum atomic E-state index is 12.4. The first-order valence-electron chi connectivity index (χ1n) is 8.88. The van der Waals surface area contributed by atoms with Gasteiger partial charge in [0.25, 0.3) is 0 Å². The maximum Gasteiger partial charge on any atom is 0.237 e. The zero-order chi connectivity index (χ0) is 17.8. The van der Waals surface area contributed by atoms with Crippen molar-refractivity contribution >= 4 is 22.7 Å². The molecule has 0 radical (unpaired) electrons. The predicted octanol–water partition coefficient (Wildman–Crippen LogP) is 1.38. The van der Waals surface area contributed by atoms with Crippen LogP contribution in [0.2, 0.25) is 0 Å². The first kappa shape index (κ1) is 17.5. The van der Waals surface area contributed by atoms with Crippen LogP contribution < -0.4 is 5.32 Å². The van der Waals surface area contributed by atoms with Crippen LogP contribution in [0.3, 0.4) is 0 Å². The third-order valence-corrected chi connectivity index (χ3v) is 5.06. The molecule has 1 saturated heterocycles. The number of hydrogen-bond donors (Lipinski definition) is 2. The minimum absolute atomic E-state index is 0.0520. The molecule has 3 rings (SSSR count). The van der Waals surface area contributed by atoms with Crippen molar-refractivity contribution in [2.24, 2.45) is 0 Å². The van der Waals surface area contributed by atoms with Gasteiger partial charge in [-0.05, 0) is 25.0 Å². The van der Waals surface area contributed by atoms with Gasteiger partial charge in [0.15, 0.2) is 0 Å². The number of fused-ring (bicyclic) bond motifs is 1. The van der Waals surface area contributed by atoms with Crippen LogP contribution in [0.4, 0.5) is 0 Å². The molecule has 1 aliphatic heterocycles. The average Bonchev–Trinajstić information content (AvgIpc) is 3.04. The van der Waals surface area contributed by atoms with E-state index in [2.05, 4.69) is 27.3 Å². The van der Waals surface area contributed by atoms with Crippen LogP contribution >= 0.6 is 0 Å². The van der Waals surface area contributed by atoms with Crippen LogP contribution in [-0.2, 0) is 16.0 Å². The lowest BCUT2D eigenvalue weighted by Crippen LogP contribution is -2.54. The van der Waals surface area contributed by atoms with Crippen molar-refractivity contribution in [3.05, 3.63) is 36.0 Å². The summed E-state index contributed by atoms with van der Waals surface area (Å²) in [7, 11) is 0. The Bertz CT molecular complexity index is 747. The third-order valence-electron chi connectivity index (χ3n) is 5.06. The zero-order valence-electron chi connectivity index (χ0n) is 14.9. The van der Waals surface area contributed by atoms with E-state index in [1.165, 1.54) is 10.9 Å². The van der Waals surface area contributed by atoms with Crippen LogP contribution in [0.25, 0.3) is 10.9 Å². The van der Waals surface area contributed by atoms with Gasteiger partial charge < -0.3 is 15.2 Å². The number of carbonyl (C=O) groups is 2. The lowest BCUT2D eigenvalue weighted by Gasteiger charge is -2.37. The Hall–Kier alpha value is -2.34. The van der Waals surface area contributed by atoms with Crippen molar-refractivity contribution in [2.45, 2.75) is 26.3 Å². The van der Waals surface area contributed by atoms with Crippen molar-refractivity contribution < 1.29 is 9.59 Å². The minimum Gasteiger partial charge on any atom is -0.361 e. The quantitative estimate of drug-likeness (QED) is 0.863. The summed E-state index contributed by atoms with van der Waals surface area (Å²) in [5.74, 6) is 0.159. The number of rotatable bonds is 5. The van der Waals surface area contributed by atoms with E-state index in [9.17, 15) is 9.59 Å². The van der Waals surface area contributed by atoms with Gasteiger partial charge in [-0.2, -0.15) is 0 Å². The number of amides is 2. The van der Waals surface area contributed by atoms with E-state index in [1.54, 1.807) is 6.92 Å². The second-order valence-corrected chi connectivity index (χ2v) is 6.62. The minimum atomic E-state index is -0.169. The monoisotopic (exact) mass is 342 g/mol. The Morgan fingerprint density at radius 1 is 1.20 bits per heavy atom. The highest BCUT2D eigenvalue weighted by molar-refractivity contribution is 5.83. The lowest BCUT2D eigenvalue weighted by molar-refractivity contribution is -0.132. The van der Waals surface area contributed by atoms with Gasteiger partial charge in [-0.1, -0.05) is 18.2 Å². The highest BCUT2D eigenvalue weighted by Crippen LogP contribution is 2.17. The fourth-order valence-electron chi connectivity index (χ4n) is 3.40. The van der Waals surface area contributed by atoms with Crippen molar-refractivity contribution in [3.63, 3.8) is 0 Å². The van der Waals surface area contributed by atoms with Crippen LogP contribution in [0.1, 0.15) is 19.4 Å². The Morgan fingerprint density at radius 2 is 1.92 bits per heavy atom. The molecule has 2 aromatic rings. The summed E-state index contributed by atoms with van der Waals surface area (Å²) in [4.78, 5) is 31.0. The van der Waals surface area contributed by atoms with Gasteiger partial charge in [-0.3, -0.25) is 14.5 Å². The van der Waals surface area contributed by atoms with Gasteiger partial charge in [0.1, 0.15) is 0 Å². The number of piperazine rings is 1. The van der Waals surface area contributed by atoms with Crippen molar-refractivity contribution in [1.29, 1.82) is 0 Å². The van der Waals surface area contributed by atoms with Gasteiger partial charge in [-0.15, -0.1) is 0 Å². The molecule has 0 spiro atoms. The molecule has 25 heavy (non-hydrogen) atoms. The van der Waals surface area contributed by atoms with Gasteiger partial charge in [-0.25, -0.2) is 0 Å². The van der Waals surface area contributed by atoms with Gasteiger partial charge in [0.2, 0.25) is 11.8 Å². The standard InChI is InChI=1S/C19H26N4O2/c1-14(22-9-11-23(12-10-22)15(2)24)19(25)20-8-7-16-13-21-18-6-4-3-5-17(16)18/h3-6,13-14,21H,7-12H2,1-2H3,(H,20,25). The molecular weight excluding hydrogens is 316 g/mol. The van der Waals surface area contributed by atoms with E-state index < -0.39 is 0 Å². The van der Waals surface area contributed by atoms with Crippen molar-refractivity contribution in [2.75, 3.05) is 32.7 Å². The fraction of sp³-hybridized carbons (Fsp3) is 0.474. The predicted molar refractivity (Wildman–Crippen MR) is 98.3 cm³/mol. The number of para-hydroxylation sites is 1. The molecule has 0 saturated carbocycles. The molecule has 1 aromatic heterocycles. The van der Waals surface area contributed by atoms with Gasteiger partial charge in [0, 0.05) is 56.7 Å². The lowest BCUT2D eigenvalue weighted by atomic mass is 10.1. The molecule has 0 bridgehead atoms. The van der Waals surface area contributed by atoms with Gasteiger partial charge >= 0.3 is 0 Å². The molecule has 1 unspecified atom stereocenters. The molecule has 1 fully saturated rings. The largest absolute Gasteiger partial charge is 0.361 e. The molecule has 0 aliphatic carbocycles. The van der Waals surface area contributed by atoms with Crippen LogP contribution in [0, 0.1) is 0 Å². The van der Waals surface area contributed by atoms with E-state index in [1.807, 2.05) is 30.2 Å².